The van der Waals surface area contributed by atoms with Gasteiger partial charge < -0.3 is 10.2 Å². The van der Waals surface area contributed by atoms with Gasteiger partial charge in [0.25, 0.3) is 0 Å². The van der Waals surface area contributed by atoms with Crippen LogP contribution in [0.25, 0.3) is 0 Å². The predicted molar refractivity (Wildman–Crippen MR) is 61.8 cm³/mol. The largest absolute Gasteiger partial charge is 0.338 e. The third-order valence-corrected chi connectivity index (χ3v) is 3.09. The van der Waals surface area contributed by atoms with Crippen molar-refractivity contribution in [2.75, 3.05) is 33.2 Å². The monoisotopic (exact) mass is 213 g/mol. The minimum absolute atomic E-state index is 0.0366. The molecule has 1 rings (SSSR count). The van der Waals surface area contributed by atoms with Crippen molar-refractivity contribution in [1.82, 2.24) is 15.1 Å². The van der Waals surface area contributed by atoms with E-state index in [0.29, 0.717) is 6.04 Å². The van der Waals surface area contributed by atoms with Crippen LogP contribution in [0.15, 0.2) is 0 Å². The van der Waals surface area contributed by atoms with E-state index in [-0.39, 0.29) is 11.9 Å². The summed E-state index contributed by atoms with van der Waals surface area (Å²) in [5, 5.41) is 3.12. The molecule has 1 fully saturated rings. The first kappa shape index (κ1) is 12.5. The van der Waals surface area contributed by atoms with E-state index in [9.17, 15) is 4.79 Å². The fraction of sp³-hybridized carbons (Fsp3) is 0.909. The third-order valence-electron chi connectivity index (χ3n) is 3.09. The number of rotatable bonds is 4. The second-order valence-electron chi connectivity index (χ2n) is 4.44. The zero-order chi connectivity index (χ0) is 11.4. The topological polar surface area (TPSA) is 35.6 Å². The number of carbonyl (C=O) groups excluding carboxylic acids is 1. The Labute approximate surface area is 92.6 Å². The maximum atomic E-state index is 12.0. The molecule has 0 aromatic carbocycles. The maximum absolute atomic E-state index is 12.0. The molecular formula is C11H23N3O. The molecule has 1 N–H and O–H groups in total. The first-order chi connectivity index (χ1) is 7.07. The van der Waals surface area contributed by atoms with Crippen molar-refractivity contribution < 1.29 is 4.79 Å². The van der Waals surface area contributed by atoms with E-state index in [2.05, 4.69) is 24.1 Å². The SMILES string of the molecule is CNCCN1CCN(C(C)C)C(=O)C1C. The van der Waals surface area contributed by atoms with E-state index < -0.39 is 0 Å². The van der Waals surface area contributed by atoms with Gasteiger partial charge in [-0.2, -0.15) is 0 Å². The van der Waals surface area contributed by atoms with Gasteiger partial charge in [0.15, 0.2) is 0 Å². The minimum atomic E-state index is 0.0366. The number of hydrogen-bond donors (Lipinski definition) is 1. The molecule has 0 aliphatic carbocycles. The third kappa shape index (κ3) is 2.92. The first-order valence-corrected chi connectivity index (χ1v) is 5.77. The van der Waals surface area contributed by atoms with E-state index in [1.807, 2.05) is 18.9 Å². The molecule has 4 heteroatoms. The molecule has 4 nitrogen and oxygen atoms in total. The van der Waals surface area contributed by atoms with Crippen LogP contribution in [0, 0.1) is 0 Å². The van der Waals surface area contributed by atoms with E-state index >= 15 is 0 Å². The molecule has 0 aromatic rings. The normalized spacial score (nSPS) is 23.9. The molecular weight excluding hydrogens is 190 g/mol. The Morgan fingerprint density at radius 3 is 2.67 bits per heavy atom. The van der Waals surface area contributed by atoms with Gasteiger partial charge in [0, 0.05) is 32.2 Å². The van der Waals surface area contributed by atoms with Crippen LogP contribution in [0.4, 0.5) is 0 Å². The number of amides is 1. The minimum Gasteiger partial charge on any atom is -0.338 e. The highest BCUT2D eigenvalue weighted by Gasteiger charge is 2.31. The summed E-state index contributed by atoms with van der Waals surface area (Å²) in [7, 11) is 1.94. The van der Waals surface area contributed by atoms with Crippen molar-refractivity contribution in [3.05, 3.63) is 0 Å². The van der Waals surface area contributed by atoms with Gasteiger partial charge in [0.2, 0.25) is 5.91 Å². The van der Waals surface area contributed by atoms with E-state index in [1.165, 1.54) is 0 Å². The molecule has 1 heterocycles. The summed E-state index contributed by atoms with van der Waals surface area (Å²) in [6, 6.07) is 0.362. The molecule has 1 amide bonds. The summed E-state index contributed by atoms with van der Waals surface area (Å²) in [5.41, 5.74) is 0. The Kier molecular flexibility index (Phi) is 4.54. The lowest BCUT2D eigenvalue weighted by Crippen LogP contribution is -2.58. The van der Waals surface area contributed by atoms with Gasteiger partial charge >= 0.3 is 0 Å². The van der Waals surface area contributed by atoms with Gasteiger partial charge in [-0.1, -0.05) is 0 Å². The van der Waals surface area contributed by atoms with Crippen LogP contribution in [0.2, 0.25) is 0 Å². The Bertz CT molecular complexity index is 218. The summed E-state index contributed by atoms with van der Waals surface area (Å²) >= 11 is 0. The molecule has 0 saturated carbocycles. The fourth-order valence-electron chi connectivity index (χ4n) is 2.01. The van der Waals surface area contributed by atoms with Crippen molar-refractivity contribution in [3.63, 3.8) is 0 Å². The molecule has 1 unspecified atom stereocenters. The van der Waals surface area contributed by atoms with Crippen molar-refractivity contribution in [2.24, 2.45) is 0 Å². The molecule has 15 heavy (non-hydrogen) atoms. The molecule has 0 aromatic heterocycles. The molecule has 1 saturated heterocycles. The van der Waals surface area contributed by atoms with Crippen LogP contribution in [-0.4, -0.2) is 61.0 Å². The van der Waals surface area contributed by atoms with Gasteiger partial charge in [-0.3, -0.25) is 9.69 Å². The summed E-state index contributed by atoms with van der Waals surface area (Å²) in [6.45, 7) is 9.92. The molecule has 0 spiro atoms. The Morgan fingerprint density at radius 1 is 1.47 bits per heavy atom. The Hall–Kier alpha value is -0.610. The predicted octanol–water partition coefficient (Wildman–Crippen LogP) is 0.147. The van der Waals surface area contributed by atoms with E-state index in [0.717, 1.165) is 26.2 Å². The van der Waals surface area contributed by atoms with Gasteiger partial charge in [-0.25, -0.2) is 0 Å². The van der Waals surface area contributed by atoms with E-state index in [1.54, 1.807) is 0 Å². The maximum Gasteiger partial charge on any atom is 0.239 e. The zero-order valence-corrected chi connectivity index (χ0v) is 10.3. The number of likely N-dealkylation sites (N-methyl/N-ethyl adjacent to an activating group) is 1. The summed E-state index contributed by atoms with van der Waals surface area (Å²) in [5.74, 6) is 0.271. The molecule has 0 radical (unpaired) electrons. The number of carbonyl (C=O) groups is 1. The average Bonchev–Trinajstić information content (AvgIpc) is 2.20. The van der Waals surface area contributed by atoms with Crippen LogP contribution < -0.4 is 5.32 Å². The quantitative estimate of drug-likeness (QED) is 0.722. The van der Waals surface area contributed by atoms with Gasteiger partial charge in [0.05, 0.1) is 6.04 Å². The number of nitrogens with zero attached hydrogens (tertiary/aromatic N) is 2. The van der Waals surface area contributed by atoms with Gasteiger partial charge in [-0.15, -0.1) is 0 Å². The number of hydrogen-bond acceptors (Lipinski definition) is 3. The van der Waals surface area contributed by atoms with Gasteiger partial charge in [0.1, 0.15) is 0 Å². The second-order valence-corrected chi connectivity index (χ2v) is 4.44. The highest BCUT2D eigenvalue weighted by molar-refractivity contribution is 5.82. The van der Waals surface area contributed by atoms with Crippen molar-refractivity contribution in [1.29, 1.82) is 0 Å². The lowest BCUT2D eigenvalue weighted by Gasteiger charge is -2.41. The molecule has 88 valence electrons. The lowest BCUT2D eigenvalue weighted by molar-refractivity contribution is -0.142. The summed E-state index contributed by atoms with van der Waals surface area (Å²) in [4.78, 5) is 16.2. The molecule has 0 bridgehead atoms. The van der Waals surface area contributed by atoms with E-state index in [4.69, 9.17) is 0 Å². The molecule has 1 aliphatic rings. The first-order valence-electron chi connectivity index (χ1n) is 5.77. The van der Waals surface area contributed by atoms with Crippen LogP contribution in [0.5, 0.6) is 0 Å². The highest BCUT2D eigenvalue weighted by atomic mass is 16.2. The van der Waals surface area contributed by atoms with Crippen LogP contribution in [-0.2, 0) is 4.79 Å². The van der Waals surface area contributed by atoms with Gasteiger partial charge in [-0.05, 0) is 27.8 Å². The summed E-state index contributed by atoms with van der Waals surface area (Å²) in [6.07, 6.45) is 0. The average molecular weight is 213 g/mol. The molecule has 1 aliphatic heterocycles. The highest BCUT2D eigenvalue weighted by Crippen LogP contribution is 2.13. The smallest absolute Gasteiger partial charge is 0.239 e. The van der Waals surface area contributed by atoms with Crippen molar-refractivity contribution >= 4 is 5.91 Å². The van der Waals surface area contributed by atoms with Crippen LogP contribution in [0.3, 0.4) is 0 Å². The van der Waals surface area contributed by atoms with Crippen molar-refractivity contribution in [3.8, 4) is 0 Å². The second kappa shape index (κ2) is 5.47. The van der Waals surface area contributed by atoms with Crippen molar-refractivity contribution in [2.45, 2.75) is 32.9 Å². The standard InChI is InChI=1S/C11H23N3O/c1-9(2)14-8-7-13(6-5-12-4)10(3)11(14)15/h9-10,12H,5-8H2,1-4H3. The van der Waals surface area contributed by atoms with Crippen LogP contribution in [0.1, 0.15) is 20.8 Å². The zero-order valence-electron chi connectivity index (χ0n) is 10.3. The fourth-order valence-corrected chi connectivity index (χ4v) is 2.01. The lowest BCUT2D eigenvalue weighted by atomic mass is 10.1. The number of nitrogens with one attached hydrogen (secondary N) is 1. The Balaban J connectivity index is 2.53. The summed E-state index contributed by atoms with van der Waals surface area (Å²) < 4.78 is 0. The Morgan fingerprint density at radius 2 is 2.13 bits per heavy atom. The molecule has 1 atom stereocenters. The number of piperazine rings is 1. The van der Waals surface area contributed by atoms with Crippen LogP contribution >= 0.6 is 0 Å².